The second-order valence-corrected chi connectivity index (χ2v) is 10.5. The molecule has 0 spiro atoms. The Labute approximate surface area is 176 Å². The second kappa shape index (κ2) is 6.32. The number of aromatic nitrogens is 2. The highest BCUT2D eigenvalue weighted by Gasteiger charge is 2.61. The first-order valence-corrected chi connectivity index (χ1v) is 11.4. The van der Waals surface area contributed by atoms with E-state index in [0.29, 0.717) is 18.3 Å². The molecule has 5 aliphatic rings. The van der Waals surface area contributed by atoms with Gasteiger partial charge in [-0.05, 0) is 67.4 Å². The van der Waals surface area contributed by atoms with Crippen molar-refractivity contribution in [3.8, 4) is 0 Å². The number of rotatable bonds is 6. The predicted octanol–water partition coefficient (Wildman–Crippen LogP) is 4.18. The number of carboxylic acid groups (broad SMARTS) is 1. The number of aliphatic carboxylic acids is 1. The number of nitrogens with zero attached hydrogens (tertiary/aromatic N) is 2. The maximum atomic E-state index is 13.4. The lowest BCUT2D eigenvalue weighted by molar-refractivity contribution is -0.142. The molecular formula is C24H29N3O3. The van der Waals surface area contributed by atoms with Gasteiger partial charge in [0, 0.05) is 29.8 Å². The van der Waals surface area contributed by atoms with E-state index in [-0.39, 0.29) is 35.7 Å². The van der Waals surface area contributed by atoms with Crippen LogP contribution in [0.15, 0.2) is 18.2 Å². The molecule has 1 amide bonds. The van der Waals surface area contributed by atoms with Gasteiger partial charge in [-0.1, -0.05) is 19.1 Å². The van der Waals surface area contributed by atoms with Crippen LogP contribution >= 0.6 is 0 Å². The molecule has 3 aliphatic carbocycles. The van der Waals surface area contributed by atoms with Crippen LogP contribution in [-0.2, 0) is 9.59 Å². The summed E-state index contributed by atoms with van der Waals surface area (Å²) < 4.78 is 0. The van der Waals surface area contributed by atoms with Gasteiger partial charge < -0.3 is 10.0 Å². The zero-order valence-electron chi connectivity index (χ0n) is 17.4. The summed E-state index contributed by atoms with van der Waals surface area (Å²) in [7, 11) is 0. The van der Waals surface area contributed by atoms with Crippen molar-refractivity contribution in [2.24, 2.45) is 11.3 Å². The van der Waals surface area contributed by atoms with Crippen LogP contribution < -0.4 is 0 Å². The van der Waals surface area contributed by atoms with Crippen LogP contribution in [0.2, 0.25) is 0 Å². The quantitative estimate of drug-likeness (QED) is 0.752. The average Bonchev–Trinajstić information content (AvgIpc) is 3.32. The molecule has 2 saturated heterocycles. The Balaban J connectivity index is 1.22. The lowest BCUT2D eigenvalue weighted by Crippen LogP contribution is -2.48. The number of carboxylic acids is 1. The summed E-state index contributed by atoms with van der Waals surface area (Å²) in [6.07, 6.45) is 7.00. The van der Waals surface area contributed by atoms with E-state index in [4.69, 9.17) is 0 Å². The number of aromatic amines is 1. The molecule has 6 heteroatoms. The minimum atomic E-state index is -0.694. The highest BCUT2D eigenvalue weighted by molar-refractivity contribution is 5.87. The maximum Gasteiger partial charge on any atom is 0.303 e. The third-order valence-corrected chi connectivity index (χ3v) is 8.30. The summed E-state index contributed by atoms with van der Waals surface area (Å²) in [6, 6.07) is 6.87. The molecule has 2 aliphatic heterocycles. The lowest BCUT2D eigenvalue weighted by atomic mass is 9.71. The summed E-state index contributed by atoms with van der Waals surface area (Å²) in [5, 5.41) is 18.4. The van der Waals surface area contributed by atoms with Crippen molar-refractivity contribution in [2.75, 3.05) is 0 Å². The number of H-pyrrole nitrogens is 1. The molecule has 5 atom stereocenters. The van der Waals surface area contributed by atoms with Gasteiger partial charge in [0.15, 0.2) is 0 Å². The number of fused-ring (bicyclic) bond motifs is 1. The van der Waals surface area contributed by atoms with E-state index in [1.54, 1.807) is 0 Å². The molecule has 158 valence electrons. The van der Waals surface area contributed by atoms with Gasteiger partial charge in [-0.3, -0.25) is 14.7 Å². The Morgan fingerprint density at radius 1 is 1.30 bits per heavy atom. The molecule has 30 heavy (non-hydrogen) atoms. The minimum absolute atomic E-state index is 0.0652. The van der Waals surface area contributed by atoms with Crippen LogP contribution in [0, 0.1) is 11.3 Å². The van der Waals surface area contributed by atoms with E-state index < -0.39 is 5.97 Å². The Kier molecular flexibility index (Phi) is 3.87. The smallest absolute Gasteiger partial charge is 0.303 e. The molecule has 2 aromatic rings. The van der Waals surface area contributed by atoms with Crippen LogP contribution in [0.1, 0.15) is 81.4 Å². The molecule has 2 N–H and O–H groups in total. The second-order valence-electron chi connectivity index (χ2n) is 10.5. The van der Waals surface area contributed by atoms with Crippen LogP contribution in [0.3, 0.4) is 0 Å². The van der Waals surface area contributed by atoms with Gasteiger partial charge in [0.2, 0.25) is 5.91 Å². The van der Waals surface area contributed by atoms with Crippen LogP contribution in [0.4, 0.5) is 0 Å². The SMILES string of the molecule is CC(CC(=O)N1C2CC3CC(CC(=O)O)(C2)CC31)c1n[nH]c2cccc(C3CC3)c12. The Morgan fingerprint density at radius 3 is 2.87 bits per heavy atom. The normalized spacial score (nSPS) is 32.8. The van der Waals surface area contributed by atoms with E-state index in [1.165, 1.54) is 23.8 Å². The fourth-order valence-corrected chi connectivity index (χ4v) is 7.14. The molecule has 6 nitrogen and oxygen atoms in total. The van der Waals surface area contributed by atoms with Crippen molar-refractivity contribution in [1.82, 2.24) is 15.1 Å². The standard InChI is InChI=1S/C24H29N3O3/c1-13(23-22-17(14-5-6-14)3-2-4-18(22)25-26-23)7-20(28)27-16-8-15-9-24(10-16,11-19(15)27)12-21(29)30/h2-4,13-16,19H,5-12H2,1H3,(H,25,26)(H,29,30). The lowest BCUT2D eigenvalue weighted by Gasteiger charge is -2.43. The molecule has 1 aromatic carbocycles. The first kappa shape index (κ1) is 18.4. The van der Waals surface area contributed by atoms with E-state index in [1.807, 2.05) is 0 Å². The van der Waals surface area contributed by atoms with E-state index in [9.17, 15) is 14.7 Å². The van der Waals surface area contributed by atoms with Gasteiger partial charge >= 0.3 is 5.97 Å². The molecule has 7 rings (SSSR count). The van der Waals surface area contributed by atoms with E-state index in [2.05, 4.69) is 40.2 Å². The van der Waals surface area contributed by atoms with Crippen LogP contribution in [0.5, 0.6) is 0 Å². The zero-order chi connectivity index (χ0) is 20.6. The number of hydrogen-bond acceptors (Lipinski definition) is 3. The molecule has 4 bridgehead atoms. The fourth-order valence-electron chi connectivity index (χ4n) is 7.14. The monoisotopic (exact) mass is 407 g/mol. The van der Waals surface area contributed by atoms with Crippen molar-refractivity contribution in [3.63, 3.8) is 0 Å². The first-order valence-electron chi connectivity index (χ1n) is 11.4. The van der Waals surface area contributed by atoms with Gasteiger partial charge in [0.25, 0.3) is 0 Å². The van der Waals surface area contributed by atoms with Crippen LogP contribution in [0.25, 0.3) is 10.9 Å². The molecule has 5 unspecified atom stereocenters. The topological polar surface area (TPSA) is 86.3 Å². The van der Waals surface area contributed by atoms with Crippen molar-refractivity contribution < 1.29 is 14.7 Å². The molecule has 0 radical (unpaired) electrons. The number of amides is 1. The molecule has 1 aromatic heterocycles. The van der Waals surface area contributed by atoms with Crippen molar-refractivity contribution in [3.05, 3.63) is 29.5 Å². The number of benzene rings is 1. The summed E-state index contributed by atoms with van der Waals surface area (Å²) in [6.45, 7) is 2.12. The third kappa shape index (κ3) is 2.72. The molecule has 5 fully saturated rings. The van der Waals surface area contributed by atoms with Crippen molar-refractivity contribution in [1.29, 1.82) is 0 Å². The molecular weight excluding hydrogens is 378 g/mol. The number of piperidine rings is 1. The van der Waals surface area contributed by atoms with Crippen molar-refractivity contribution >= 4 is 22.8 Å². The highest BCUT2D eigenvalue weighted by Crippen LogP contribution is 2.61. The molecule has 3 heterocycles. The predicted molar refractivity (Wildman–Crippen MR) is 112 cm³/mol. The van der Waals surface area contributed by atoms with Crippen molar-refractivity contribution in [2.45, 2.75) is 82.2 Å². The van der Waals surface area contributed by atoms with Gasteiger partial charge in [0.05, 0.1) is 17.6 Å². The summed E-state index contributed by atoms with van der Waals surface area (Å²) >= 11 is 0. The Bertz CT molecular complexity index is 1040. The fraction of sp³-hybridized carbons (Fsp3) is 0.625. The number of nitrogens with one attached hydrogen (secondary N) is 1. The van der Waals surface area contributed by atoms with Crippen LogP contribution in [-0.4, -0.2) is 44.2 Å². The summed E-state index contributed by atoms with van der Waals surface area (Å²) in [4.78, 5) is 26.9. The largest absolute Gasteiger partial charge is 0.481 e. The number of hydrogen-bond donors (Lipinski definition) is 2. The maximum absolute atomic E-state index is 13.4. The van der Waals surface area contributed by atoms with Gasteiger partial charge in [-0.2, -0.15) is 5.10 Å². The Morgan fingerprint density at radius 2 is 2.13 bits per heavy atom. The van der Waals surface area contributed by atoms with E-state index in [0.717, 1.165) is 36.9 Å². The number of carbonyl (C=O) groups is 2. The highest BCUT2D eigenvalue weighted by atomic mass is 16.4. The summed E-state index contributed by atoms with van der Waals surface area (Å²) in [5.41, 5.74) is 3.41. The Hall–Kier alpha value is -2.37. The summed E-state index contributed by atoms with van der Waals surface area (Å²) in [5.74, 6) is 0.736. The third-order valence-electron chi connectivity index (χ3n) is 8.30. The number of carbonyl (C=O) groups excluding carboxylic acids is 1. The van der Waals surface area contributed by atoms with Gasteiger partial charge in [0.1, 0.15) is 0 Å². The van der Waals surface area contributed by atoms with Gasteiger partial charge in [-0.15, -0.1) is 0 Å². The minimum Gasteiger partial charge on any atom is -0.481 e. The first-order chi connectivity index (χ1) is 14.4. The zero-order valence-corrected chi connectivity index (χ0v) is 17.4. The van der Waals surface area contributed by atoms with Gasteiger partial charge in [-0.25, -0.2) is 0 Å². The van der Waals surface area contributed by atoms with E-state index >= 15 is 0 Å². The average molecular weight is 408 g/mol. The molecule has 3 saturated carbocycles.